The van der Waals surface area contributed by atoms with Crippen LogP contribution in [0.15, 0.2) is 16.8 Å². The Bertz CT molecular complexity index is 492. The predicted octanol–water partition coefficient (Wildman–Crippen LogP) is 1.29. The molecule has 1 atom stereocenters. The molecule has 1 unspecified atom stereocenters. The average molecular weight is 233 g/mol. The van der Waals surface area contributed by atoms with Gasteiger partial charge in [-0.25, -0.2) is 9.97 Å². The van der Waals surface area contributed by atoms with Gasteiger partial charge in [-0.3, -0.25) is 0 Å². The maximum Gasteiger partial charge on any atom is 0.231 e. The smallest absolute Gasteiger partial charge is 0.231 e. The van der Waals surface area contributed by atoms with E-state index in [4.69, 9.17) is 10.3 Å². The molecule has 90 valence electrons. The van der Waals surface area contributed by atoms with Crippen molar-refractivity contribution in [2.75, 3.05) is 6.54 Å². The Hall–Kier alpha value is -1.82. The molecule has 0 aliphatic rings. The zero-order chi connectivity index (χ0) is 12.3. The Morgan fingerprint density at radius 3 is 2.88 bits per heavy atom. The number of hydrogen-bond acceptors (Lipinski definition) is 6. The van der Waals surface area contributed by atoms with Gasteiger partial charge < -0.3 is 10.3 Å². The van der Waals surface area contributed by atoms with Gasteiger partial charge in [0.15, 0.2) is 0 Å². The standard InChI is InChI=1S/C11H15N5O/c1-3-8(6-12)11-15-10(16-17-11)9-4-5-13-7(2)14-9/h4-5,8H,3,6,12H2,1-2H3. The minimum atomic E-state index is 0.110. The normalized spacial score (nSPS) is 12.6. The first kappa shape index (κ1) is 11.7. The van der Waals surface area contributed by atoms with E-state index < -0.39 is 0 Å². The molecule has 2 aromatic heterocycles. The summed E-state index contributed by atoms with van der Waals surface area (Å²) in [5, 5.41) is 3.91. The molecule has 2 N–H and O–H groups in total. The van der Waals surface area contributed by atoms with Crippen LogP contribution in [0.4, 0.5) is 0 Å². The third kappa shape index (κ3) is 2.47. The van der Waals surface area contributed by atoms with E-state index in [1.807, 2.05) is 13.8 Å². The summed E-state index contributed by atoms with van der Waals surface area (Å²) < 4.78 is 5.20. The lowest BCUT2D eigenvalue weighted by Crippen LogP contribution is -2.11. The number of aromatic nitrogens is 4. The third-order valence-electron chi connectivity index (χ3n) is 2.57. The number of rotatable bonds is 4. The van der Waals surface area contributed by atoms with Gasteiger partial charge in [0.25, 0.3) is 0 Å². The van der Waals surface area contributed by atoms with E-state index in [1.54, 1.807) is 12.3 Å². The van der Waals surface area contributed by atoms with Crippen LogP contribution in [0.25, 0.3) is 11.5 Å². The van der Waals surface area contributed by atoms with Crippen LogP contribution in [-0.4, -0.2) is 26.7 Å². The second kappa shape index (κ2) is 5.01. The number of hydrogen-bond donors (Lipinski definition) is 1. The first-order valence-electron chi connectivity index (χ1n) is 5.58. The molecule has 0 aliphatic heterocycles. The number of aryl methyl sites for hydroxylation is 1. The molecule has 0 amide bonds. The molecule has 0 spiro atoms. The van der Waals surface area contributed by atoms with E-state index in [1.165, 1.54) is 0 Å². The molecule has 0 bridgehead atoms. The van der Waals surface area contributed by atoms with Crippen LogP contribution >= 0.6 is 0 Å². The predicted molar refractivity (Wildman–Crippen MR) is 62.1 cm³/mol. The van der Waals surface area contributed by atoms with Gasteiger partial charge in [0.05, 0.1) is 5.92 Å². The molecule has 2 aromatic rings. The molecule has 0 saturated heterocycles. The van der Waals surface area contributed by atoms with Crippen LogP contribution in [0.2, 0.25) is 0 Å². The van der Waals surface area contributed by atoms with E-state index in [0.29, 0.717) is 29.8 Å². The highest BCUT2D eigenvalue weighted by Crippen LogP contribution is 2.19. The van der Waals surface area contributed by atoms with Gasteiger partial charge in [-0.2, -0.15) is 4.98 Å². The summed E-state index contributed by atoms with van der Waals surface area (Å²) in [4.78, 5) is 12.6. The molecule has 0 radical (unpaired) electrons. The molecule has 0 fully saturated rings. The summed E-state index contributed by atoms with van der Waals surface area (Å²) in [5.41, 5.74) is 6.30. The highest BCUT2D eigenvalue weighted by atomic mass is 16.5. The minimum Gasteiger partial charge on any atom is -0.339 e. The lowest BCUT2D eigenvalue weighted by Gasteiger charge is -2.04. The lowest BCUT2D eigenvalue weighted by molar-refractivity contribution is 0.351. The molecule has 0 saturated carbocycles. The van der Waals surface area contributed by atoms with Gasteiger partial charge in [-0.05, 0) is 19.4 Å². The molecule has 0 aliphatic carbocycles. The second-order valence-corrected chi connectivity index (χ2v) is 3.79. The van der Waals surface area contributed by atoms with Crippen LogP contribution in [0, 0.1) is 6.92 Å². The van der Waals surface area contributed by atoms with Crippen molar-refractivity contribution in [1.82, 2.24) is 20.1 Å². The van der Waals surface area contributed by atoms with Crippen molar-refractivity contribution in [3.63, 3.8) is 0 Å². The largest absolute Gasteiger partial charge is 0.339 e. The van der Waals surface area contributed by atoms with E-state index in [-0.39, 0.29) is 5.92 Å². The fraction of sp³-hybridized carbons (Fsp3) is 0.455. The van der Waals surface area contributed by atoms with Crippen molar-refractivity contribution < 1.29 is 4.52 Å². The molecule has 0 aromatic carbocycles. The fourth-order valence-electron chi connectivity index (χ4n) is 1.53. The quantitative estimate of drug-likeness (QED) is 0.855. The van der Waals surface area contributed by atoms with Gasteiger partial charge in [-0.1, -0.05) is 12.1 Å². The maximum atomic E-state index is 5.63. The van der Waals surface area contributed by atoms with Crippen LogP contribution < -0.4 is 5.73 Å². The topological polar surface area (TPSA) is 90.7 Å². The van der Waals surface area contributed by atoms with E-state index in [9.17, 15) is 0 Å². The molecular formula is C11H15N5O. The van der Waals surface area contributed by atoms with Crippen LogP contribution in [-0.2, 0) is 0 Å². The molecule has 6 nitrogen and oxygen atoms in total. The van der Waals surface area contributed by atoms with Crippen molar-refractivity contribution in [3.05, 3.63) is 24.0 Å². The SMILES string of the molecule is CCC(CN)c1nc(-c2ccnc(C)n2)no1. The van der Waals surface area contributed by atoms with Crippen molar-refractivity contribution in [3.8, 4) is 11.5 Å². The summed E-state index contributed by atoms with van der Waals surface area (Å²) in [5.74, 6) is 1.84. The average Bonchev–Trinajstić information content (AvgIpc) is 2.80. The number of nitrogens with two attached hydrogens (primary N) is 1. The van der Waals surface area contributed by atoms with Crippen molar-refractivity contribution in [1.29, 1.82) is 0 Å². The van der Waals surface area contributed by atoms with E-state index >= 15 is 0 Å². The Labute approximate surface area is 99.3 Å². The minimum absolute atomic E-state index is 0.110. The van der Waals surface area contributed by atoms with Gasteiger partial charge >= 0.3 is 0 Å². The zero-order valence-electron chi connectivity index (χ0n) is 9.92. The maximum absolute atomic E-state index is 5.63. The second-order valence-electron chi connectivity index (χ2n) is 3.79. The third-order valence-corrected chi connectivity index (χ3v) is 2.57. The number of nitrogens with zero attached hydrogens (tertiary/aromatic N) is 4. The van der Waals surface area contributed by atoms with Crippen molar-refractivity contribution in [2.45, 2.75) is 26.2 Å². The Balaban J connectivity index is 2.29. The first-order valence-corrected chi connectivity index (χ1v) is 5.58. The van der Waals surface area contributed by atoms with Crippen molar-refractivity contribution in [2.24, 2.45) is 5.73 Å². The summed E-state index contributed by atoms with van der Waals surface area (Å²) in [6, 6.07) is 1.75. The fourth-order valence-corrected chi connectivity index (χ4v) is 1.53. The molecular weight excluding hydrogens is 218 g/mol. The van der Waals surface area contributed by atoms with Gasteiger partial charge in [-0.15, -0.1) is 0 Å². The van der Waals surface area contributed by atoms with E-state index in [0.717, 1.165) is 6.42 Å². The highest BCUT2D eigenvalue weighted by molar-refractivity contribution is 5.47. The summed E-state index contributed by atoms with van der Waals surface area (Å²) >= 11 is 0. The molecule has 17 heavy (non-hydrogen) atoms. The van der Waals surface area contributed by atoms with Gasteiger partial charge in [0.1, 0.15) is 11.5 Å². The van der Waals surface area contributed by atoms with Crippen LogP contribution in [0.1, 0.15) is 31.0 Å². The van der Waals surface area contributed by atoms with Crippen LogP contribution in [0.3, 0.4) is 0 Å². The molecule has 6 heteroatoms. The summed E-state index contributed by atoms with van der Waals surface area (Å²) in [6.45, 7) is 4.36. The summed E-state index contributed by atoms with van der Waals surface area (Å²) in [6.07, 6.45) is 2.55. The Morgan fingerprint density at radius 2 is 2.24 bits per heavy atom. The first-order chi connectivity index (χ1) is 8.24. The molecule has 2 rings (SSSR count). The van der Waals surface area contributed by atoms with Crippen molar-refractivity contribution >= 4 is 0 Å². The highest BCUT2D eigenvalue weighted by Gasteiger charge is 2.17. The molecule has 2 heterocycles. The summed E-state index contributed by atoms with van der Waals surface area (Å²) in [7, 11) is 0. The lowest BCUT2D eigenvalue weighted by atomic mass is 10.1. The Morgan fingerprint density at radius 1 is 1.41 bits per heavy atom. The monoisotopic (exact) mass is 233 g/mol. The zero-order valence-corrected chi connectivity index (χ0v) is 9.92. The Kier molecular flexibility index (Phi) is 3.43. The van der Waals surface area contributed by atoms with Gasteiger partial charge in [0, 0.05) is 12.7 Å². The van der Waals surface area contributed by atoms with Gasteiger partial charge in [0.2, 0.25) is 11.7 Å². The van der Waals surface area contributed by atoms with E-state index in [2.05, 4.69) is 20.1 Å². The van der Waals surface area contributed by atoms with Crippen LogP contribution in [0.5, 0.6) is 0 Å².